The second-order valence-electron chi connectivity index (χ2n) is 10.2. The van der Waals surface area contributed by atoms with Crippen LogP contribution in [0.1, 0.15) is 34.5 Å². The van der Waals surface area contributed by atoms with E-state index in [2.05, 4.69) is 33.9 Å². The molecular formula is C30H34Cl2N4O3. The van der Waals surface area contributed by atoms with E-state index in [1.54, 1.807) is 23.1 Å². The van der Waals surface area contributed by atoms with Gasteiger partial charge in [-0.15, -0.1) is 0 Å². The Kier molecular flexibility index (Phi) is 9.24. The Morgan fingerprint density at radius 2 is 1.74 bits per heavy atom. The van der Waals surface area contributed by atoms with Crippen molar-refractivity contribution in [2.24, 2.45) is 0 Å². The highest BCUT2D eigenvalue weighted by atomic mass is 35.5. The Hall–Kier alpha value is -2.84. The number of benzene rings is 2. The fraction of sp³-hybridized carbons (Fsp3) is 0.400. The van der Waals surface area contributed by atoms with Gasteiger partial charge in [-0.1, -0.05) is 53.5 Å². The Morgan fingerprint density at radius 3 is 2.46 bits per heavy atom. The zero-order valence-corrected chi connectivity index (χ0v) is 23.5. The van der Waals surface area contributed by atoms with Gasteiger partial charge in [0.25, 0.3) is 5.91 Å². The lowest BCUT2D eigenvalue weighted by Crippen LogP contribution is -2.47. The van der Waals surface area contributed by atoms with E-state index < -0.39 is 0 Å². The second kappa shape index (κ2) is 13.0. The minimum Gasteiger partial charge on any atom is -0.379 e. The molecule has 5 rings (SSSR count). The van der Waals surface area contributed by atoms with E-state index in [0.29, 0.717) is 43.4 Å². The van der Waals surface area contributed by atoms with Crippen molar-refractivity contribution in [2.45, 2.75) is 32.0 Å². The van der Waals surface area contributed by atoms with Crippen LogP contribution in [-0.4, -0.2) is 83.1 Å². The van der Waals surface area contributed by atoms with Crippen LogP contribution in [0.15, 0.2) is 66.9 Å². The fourth-order valence-electron chi connectivity index (χ4n) is 4.94. The van der Waals surface area contributed by atoms with Gasteiger partial charge >= 0.3 is 0 Å². The van der Waals surface area contributed by atoms with Gasteiger partial charge in [-0.2, -0.15) is 0 Å². The standard InChI is InChI=1S/C30H34Cl2N4O3/c31-24-8-11-27(28(32)19-24)30(38)35(14-13-33-15-17-39-18-16-33)22-29(37)36(25-9-10-25)21-26-7-4-12-34(26)20-23-5-2-1-3-6-23/h1-8,11-12,19,25H,9-10,13-18,20-22H2. The van der Waals surface area contributed by atoms with Gasteiger partial charge in [-0.3, -0.25) is 14.5 Å². The molecule has 0 spiro atoms. The largest absolute Gasteiger partial charge is 0.379 e. The summed E-state index contributed by atoms with van der Waals surface area (Å²) in [5.74, 6) is -0.313. The summed E-state index contributed by atoms with van der Waals surface area (Å²) in [6.45, 7) is 5.31. The predicted octanol–water partition coefficient (Wildman–Crippen LogP) is 4.81. The molecule has 2 aromatic carbocycles. The summed E-state index contributed by atoms with van der Waals surface area (Å²) in [6.07, 6.45) is 4.02. The van der Waals surface area contributed by atoms with E-state index in [9.17, 15) is 9.59 Å². The minimum atomic E-state index is -0.263. The van der Waals surface area contributed by atoms with Gasteiger partial charge < -0.3 is 19.1 Å². The molecular weight excluding hydrogens is 535 g/mol. The topological polar surface area (TPSA) is 58.0 Å². The quantitative estimate of drug-likeness (QED) is 0.333. The number of hydrogen-bond acceptors (Lipinski definition) is 4. The monoisotopic (exact) mass is 568 g/mol. The molecule has 206 valence electrons. The van der Waals surface area contributed by atoms with Crippen molar-refractivity contribution in [3.05, 3.63) is 93.7 Å². The van der Waals surface area contributed by atoms with Gasteiger partial charge in [-0.25, -0.2) is 0 Å². The highest BCUT2D eigenvalue weighted by molar-refractivity contribution is 6.36. The molecule has 0 N–H and O–H groups in total. The molecule has 7 nitrogen and oxygen atoms in total. The van der Waals surface area contributed by atoms with Crippen molar-refractivity contribution in [2.75, 3.05) is 45.9 Å². The molecule has 1 aliphatic heterocycles. The van der Waals surface area contributed by atoms with Crippen LogP contribution in [0.25, 0.3) is 0 Å². The van der Waals surface area contributed by atoms with Gasteiger partial charge in [-0.05, 0) is 48.7 Å². The molecule has 0 unspecified atom stereocenters. The average molecular weight is 570 g/mol. The lowest BCUT2D eigenvalue weighted by molar-refractivity contribution is -0.133. The van der Waals surface area contributed by atoms with Crippen LogP contribution < -0.4 is 0 Å². The van der Waals surface area contributed by atoms with E-state index >= 15 is 0 Å². The molecule has 2 amide bonds. The van der Waals surface area contributed by atoms with Crippen molar-refractivity contribution < 1.29 is 14.3 Å². The summed E-state index contributed by atoms with van der Waals surface area (Å²) in [4.78, 5) is 33.3. The highest BCUT2D eigenvalue weighted by Crippen LogP contribution is 2.29. The van der Waals surface area contributed by atoms with Crippen LogP contribution >= 0.6 is 23.2 Å². The van der Waals surface area contributed by atoms with Crippen LogP contribution in [0.2, 0.25) is 10.0 Å². The van der Waals surface area contributed by atoms with Gasteiger partial charge in [0.2, 0.25) is 5.91 Å². The lowest BCUT2D eigenvalue weighted by Gasteiger charge is -2.31. The summed E-state index contributed by atoms with van der Waals surface area (Å²) in [6, 6.07) is 19.4. The number of halogens is 2. The number of nitrogens with zero attached hydrogens (tertiary/aromatic N) is 4. The molecule has 2 fully saturated rings. The van der Waals surface area contributed by atoms with Crippen molar-refractivity contribution in [3.8, 4) is 0 Å². The van der Waals surface area contributed by atoms with Gasteiger partial charge in [0.1, 0.15) is 6.54 Å². The summed E-state index contributed by atoms with van der Waals surface area (Å²) in [7, 11) is 0. The molecule has 1 aromatic heterocycles. The summed E-state index contributed by atoms with van der Waals surface area (Å²) in [5.41, 5.74) is 2.63. The Labute approximate surface area is 239 Å². The molecule has 2 aliphatic rings. The number of aromatic nitrogens is 1. The van der Waals surface area contributed by atoms with Crippen LogP contribution in [0, 0.1) is 0 Å². The first-order chi connectivity index (χ1) is 19.0. The van der Waals surface area contributed by atoms with E-state index in [4.69, 9.17) is 27.9 Å². The molecule has 1 saturated carbocycles. The Balaban J connectivity index is 1.31. The first kappa shape index (κ1) is 27.7. The molecule has 9 heteroatoms. The Morgan fingerprint density at radius 1 is 0.974 bits per heavy atom. The number of rotatable bonds is 11. The van der Waals surface area contributed by atoms with Crippen molar-refractivity contribution in [1.29, 1.82) is 0 Å². The normalized spacial score (nSPS) is 15.7. The van der Waals surface area contributed by atoms with Crippen molar-refractivity contribution in [3.63, 3.8) is 0 Å². The first-order valence-corrected chi connectivity index (χ1v) is 14.3. The molecule has 39 heavy (non-hydrogen) atoms. The molecule has 0 radical (unpaired) electrons. The van der Waals surface area contributed by atoms with Gasteiger partial charge in [0.15, 0.2) is 0 Å². The lowest BCUT2D eigenvalue weighted by atomic mass is 10.2. The molecule has 0 atom stereocenters. The number of carbonyl (C=O) groups is 2. The maximum atomic E-state index is 13.8. The van der Waals surface area contributed by atoms with E-state index in [1.165, 1.54) is 5.56 Å². The van der Waals surface area contributed by atoms with Crippen molar-refractivity contribution >= 4 is 35.0 Å². The zero-order valence-electron chi connectivity index (χ0n) is 22.0. The molecule has 0 bridgehead atoms. The number of ether oxygens (including phenoxy) is 1. The maximum Gasteiger partial charge on any atom is 0.255 e. The van der Waals surface area contributed by atoms with Gasteiger partial charge in [0.05, 0.1) is 30.3 Å². The third-order valence-corrected chi connectivity index (χ3v) is 7.87. The van der Waals surface area contributed by atoms with Crippen LogP contribution in [0.3, 0.4) is 0 Å². The molecule has 1 saturated heterocycles. The van der Waals surface area contributed by atoms with E-state index in [-0.39, 0.29) is 29.4 Å². The highest BCUT2D eigenvalue weighted by Gasteiger charge is 2.34. The molecule has 1 aliphatic carbocycles. The van der Waals surface area contributed by atoms with Crippen LogP contribution in [0.4, 0.5) is 0 Å². The number of amides is 2. The molecule has 3 aromatic rings. The number of carbonyl (C=O) groups excluding carboxylic acids is 2. The summed E-state index contributed by atoms with van der Waals surface area (Å²) < 4.78 is 7.65. The van der Waals surface area contributed by atoms with Crippen LogP contribution in [0.5, 0.6) is 0 Å². The first-order valence-electron chi connectivity index (χ1n) is 13.5. The van der Waals surface area contributed by atoms with E-state index in [1.807, 2.05) is 29.2 Å². The minimum absolute atomic E-state index is 0.00196. The smallest absolute Gasteiger partial charge is 0.255 e. The van der Waals surface area contributed by atoms with E-state index in [0.717, 1.165) is 38.2 Å². The van der Waals surface area contributed by atoms with Crippen molar-refractivity contribution in [1.82, 2.24) is 19.3 Å². The zero-order chi connectivity index (χ0) is 27.2. The second-order valence-corrected chi connectivity index (χ2v) is 11.0. The fourth-order valence-corrected chi connectivity index (χ4v) is 5.43. The average Bonchev–Trinajstić information content (AvgIpc) is 3.69. The van der Waals surface area contributed by atoms with Crippen LogP contribution in [-0.2, 0) is 22.6 Å². The third kappa shape index (κ3) is 7.42. The Bertz CT molecular complexity index is 1270. The molecule has 2 heterocycles. The third-order valence-electron chi connectivity index (χ3n) is 7.32. The predicted molar refractivity (Wildman–Crippen MR) is 153 cm³/mol. The number of hydrogen-bond donors (Lipinski definition) is 0. The summed E-state index contributed by atoms with van der Waals surface area (Å²) in [5, 5.41) is 0.750. The van der Waals surface area contributed by atoms with Gasteiger partial charge in [0, 0.05) is 55.7 Å². The SMILES string of the molecule is O=C(c1ccc(Cl)cc1Cl)N(CCN1CCOCC1)CC(=O)N(Cc1cccn1Cc1ccccc1)C1CC1. The summed E-state index contributed by atoms with van der Waals surface area (Å²) >= 11 is 12.5. The number of morpholine rings is 1. The maximum absolute atomic E-state index is 13.8.